The van der Waals surface area contributed by atoms with Gasteiger partial charge < -0.3 is 10.9 Å². The summed E-state index contributed by atoms with van der Waals surface area (Å²) in [4.78, 5) is 0. The first-order valence-corrected chi connectivity index (χ1v) is 6.27. The van der Waals surface area contributed by atoms with Crippen molar-refractivity contribution in [1.29, 1.82) is 0 Å². The lowest BCUT2D eigenvalue weighted by molar-refractivity contribution is 1.34. The average molecular weight is 330 g/mol. The molecule has 96 valence electrons. The maximum absolute atomic E-state index is 5.60. The van der Waals surface area contributed by atoms with E-state index < -0.39 is 0 Å². The fourth-order valence-corrected chi connectivity index (χ4v) is 1.65. The van der Waals surface area contributed by atoms with Crippen LogP contribution < -0.4 is 22.5 Å². The second kappa shape index (κ2) is 7.94. The molecular weight excluding hydrogens is 316 g/mol. The van der Waals surface area contributed by atoms with Gasteiger partial charge in [-0.15, -0.1) is 0 Å². The molecule has 0 saturated heterocycles. The summed E-state index contributed by atoms with van der Waals surface area (Å²) in [5.41, 5.74) is 6.80. The van der Waals surface area contributed by atoms with Crippen LogP contribution in [-0.4, -0.2) is 0 Å². The van der Waals surface area contributed by atoms with E-state index in [1.54, 1.807) is 12.1 Å². The molecule has 0 aliphatic rings. The van der Waals surface area contributed by atoms with Crippen molar-refractivity contribution in [2.24, 2.45) is 11.7 Å². The van der Waals surface area contributed by atoms with Crippen LogP contribution in [0.25, 0.3) is 0 Å². The molecule has 0 spiro atoms. The van der Waals surface area contributed by atoms with E-state index in [-0.39, 0.29) is 0 Å². The zero-order valence-corrected chi connectivity index (χ0v) is 11.9. The van der Waals surface area contributed by atoms with Crippen LogP contribution in [-0.2, 0) is 0 Å². The standard InChI is InChI=1S/C6H7BrN2.C6H7ClN2/c7-5-3-1-2-4-6(5)9-8;7-5-1-3-6(9-8)4-2-5/h2*1-4,9H,8H2. The highest BCUT2D eigenvalue weighted by Crippen LogP contribution is 2.19. The molecule has 0 atom stereocenters. The number of hydrogen-bond acceptors (Lipinski definition) is 4. The zero-order valence-electron chi connectivity index (χ0n) is 9.53. The second-order valence-corrected chi connectivity index (χ2v) is 4.57. The maximum atomic E-state index is 5.60. The molecule has 0 aliphatic carbocycles. The number of nitrogen functional groups attached to an aromatic ring is 2. The molecule has 0 aliphatic heterocycles. The van der Waals surface area contributed by atoms with Gasteiger partial charge in [0, 0.05) is 15.2 Å². The van der Waals surface area contributed by atoms with E-state index in [4.69, 9.17) is 23.3 Å². The van der Waals surface area contributed by atoms with Crippen LogP contribution in [0.5, 0.6) is 0 Å². The lowest BCUT2D eigenvalue weighted by Crippen LogP contribution is -2.06. The molecule has 0 aromatic heterocycles. The molecule has 6 N–H and O–H groups in total. The van der Waals surface area contributed by atoms with Crippen LogP contribution in [0.1, 0.15) is 0 Å². The molecule has 0 fully saturated rings. The minimum absolute atomic E-state index is 0.717. The Bertz CT molecular complexity index is 476. The molecule has 0 amide bonds. The van der Waals surface area contributed by atoms with Crippen molar-refractivity contribution in [2.75, 3.05) is 10.9 Å². The number of halogens is 2. The topological polar surface area (TPSA) is 76.1 Å². The third kappa shape index (κ3) is 4.93. The lowest BCUT2D eigenvalue weighted by Gasteiger charge is -1.99. The predicted octanol–water partition coefficient (Wildman–Crippen LogP) is 3.36. The minimum atomic E-state index is 0.717. The summed E-state index contributed by atoms with van der Waals surface area (Å²) in [7, 11) is 0. The van der Waals surface area contributed by atoms with E-state index in [9.17, 15) is 0 Å². The van der Waals surface area contributed by atoms with Crippen LogP contribution in [0, 0.1) is 0 Å². The van der Waals surface area contributed by atoms with E-state index in [0.29, 0.717) is 5.02 Å². The molecule has 0 heterocycles. The molecule has 18 heavy (non-hydrogen) atoms. The van der Waals surface area contributed by atoms with Gasteiger partial charge in [-0.2, -0.15) is 0 Å². The Kier molecular flexibility index (Phi) is 6.53. The number of nitrogens with one attached hydrogen (secondary N) is 2. The van der Waals surface area contributed by atoms with Crippen molar-refractivity contribution in [1.82, 2.24) is 0 Å². The summed E-state index contributed by atoms with van der Waals surface area (Å²) >= 11 is 8.91. The van der Waals surface area contributed by atoms with Crippen LogP contribution in [0.2, 0.25) is 5.02 Å². The van der Waals surface area contributed by atoms with Crippen LogP contribution in [0.15, 0.2) is 53.0 Å². The molecule has 0 unspecified atom stereocenters. The second-order valence-electron chi connectivity index (χ2n) is 3.28. The number of rotatable bonds is 2. The molecule has 2 aromatic rings. The van der Waals surface area contributed by atoms with Crippen molar-refractivity contribution in [3.05, 3.63) is 58.0 Å². The molecular formula is C12H14BrClN4. The largest absolute Gasteiger partial charge is 0.324 e. The molecule has 2 rings (SSSR count). The number of para-hydroxylation sites is 1. The Morgan fingerprint density at radius 3 is 1.94 bits per heavy atom. The molecule has 0 radical (unpaired) electrons. The Labute approximate surface area is 119 Å². The van der Waals surface area contributed by atoms with Gasteiger partial charge in [0.05, 0.1) is 5.69 Å². The number of benzene rings is 2. The fraction of sp³-hybridized carbons (Fsp3) is 0. The van der Waals surface area contributed by atoms with E-state index in [2.05, 4.69) is 26.8 Å². The number of hydrazine groups is 2. The summed E-state index contributed by atoms with van der Waals surface area (Å²) in [6, 6.07) is 14.8. The summed E-state index contributed by atoms with van der Waals surface area (Å²) in [5, 5.41) is 0.717. The predicted molar refractivity (Wildman–Crippen MR) is 81.2 cm³/mol. The highest BCUT2D eigenvalue weighted by molar-refractivity contribution is 9.10. The van der Waals surface area contributed by atoms with Crippen molar-refractivity contribution in [2.45, 2.75) is 0 Å². The van der Waals surface area contributed by atoms with Crippen molar-refractivity contribution in [3.8, 4) is 0 Å². The summed E-state index contributed by atoms with van der Waals surface area (Å²) in [5.74, 6) is 10.3. The molecule has 0 saturated carbocycles. The van der Waals surface area contributed by atoms with E-state index in [0.717, 1.165) is 15.8 Å². The zero-order chi connectivity index (χ0) is 13.4. The van der Waals surface area contributed by atoms with Gasteiger partial charge in [0.15, 0.2) is 0 Å². The van der Waals surface area contributed by atoms with Crippen LogP contribution >= 0.6 is 27.5 Å². The van der Waals surface area contributed by atoms with E-state index >= 15 is 0 Å². The summed E-state index contributed by atoms with van der Waals surface area (Å²) < 4.78 is 0.979. The van der Waals surface area contributed by atoms with Crippen molar-refractivity contribution < 1.29 is 0 Å². The highest BCUT2D eigenvalue weighted by Gasteiger charge is 1.91. The van der Waals surface area contributed by atoms with Crippen molar-refractivity contribution in [3.63, 3.8) is 0 Å². The van der Waals surface area contributed by atoms with Crippen molar-refractivity contribution >= 4 is 38.9 Å². The normalized spacial score (nSPS) is 9.11. The van der Waals surface area contributed by atoms with Gasteiger partial charge in [-0.1, -0.05) is 23.7 Å². The monoisotopic (exact) mass is 328 g/mol. The summed E-state index contributed by atoms with van der Waals surface area (Å²) in [6.45, 7) is 0. The Morgan fingerprint density at radius 1 is 0.889 bits per heavy atom. The highest BCUT2D eigenvalue weighted by atomic mass is 79.9. The third-order valence-electron chi connectivity index (χ3n) is 2.04. The quantitative estimate of drug-likeness (QED) is 0.503. The van der Waals surface area contributed by atoms with Gasteiger partial charge in [0.1, 0.15) is 0 Å². The van der Waals surface area contributed by atoms with E-state index in [1.165, 1.54) is 0 Å². The molecule has 0 bridgehead atoms. The third-order valence-corrected chi connectivity index (χ3v) is 2.98. The fourth-order valence-electron chi connectivity index (χ4n) is 1.12. The lowest BCUT2D eigenvalue weighted by atomic mass is 10.3. The first-order valence-electron chi connectivity index (χ1n) is 5.10. The number of nitrogens with two attached hydrogens (primary N) is 2. The van der Waals surface area contributed by atoms with Gasteiger partial charge in [0.2, 0.25) is 0 Å². The molecule has 2 aromatic carbocycles. The Morgan fingerprint density at radius 2 is 1.50 bits per heavy atom. The Balaban J connectivity index is 0.000000180. The number of anilines is 2. The van der Waals surface area contributed by atoms with Gasteiger partial charge in [-0.05, 0) is 52.3 Å². The first-order chi connectivity index (χ1) is 8.67. The SMILES string of the molecule is NNc1ccc(Cl)cc1.NNc1ccccc1Br. The summed E-state index contributed by atoms with van der Waals surface area (Å²) in [6.07, 6.45) is 0. The number of hydrogen-bond donors (Lipinski definition) is 4. The van der Waals surface area contributed by atoms with Gasteiger partial charge in [0.25, 0.3) is 0 Å². The average Bonchev–Trinajstić information content (AvgIpc) is 2.41. The van der Waals surface area contributed by atoms with Crippen LogP contribution in [0.3, 0.4) is 0 Å². The van der Waals surface area contributed by atoms with E-state index in [1.807, 2.05) is 36.4 Å². The van der Waals surface area contributed by atoms with Gasteiger partial charge in [-0.25, -0.2) is 0 Å². The first kappa shape index (κ1) is 14.8. The smallest absolute Gasteiger partial charge is 0.0627 e. The minimum Gasteiger partial charge on any atom is -0.324 e. The van der Waals surface area contributed by atoms with Gasteiger partial charge >= 0.3 is 0 Å². The molecule has 4 nitrogen and oxygen atoms in total. The Hall–Kier alpha value is -1.27. The molecule has 6 heteroatoms. The maximum Gasteiger partial charge on any atom is 0.0627 e. The van der Waals surface area contributed by atoms with Gasteiger partial charge in [-0.3, -0.25) is 11.7 Å². The van der Waals surface area contributed by atoms with Crippen LogP contribution in [0.4, 0.5) is 11.4 Å².